The van der Waals surface area contributed by atoms with Crippen molar-refractivity contribution in [3.8, 4) is 0 Å². The van der Waals surface area contributed by atoms with Crippen LogP contribution in [0.4, 0.5) is 5.69 Å². The van der Waals surface area contributed by atoms with Crippen LogP contribution in [0, 0.1) is 0 Å². The summed E-state index contributed by atoms with van der Waals surface area (Å²) in [5.74, 6) is 0. The zero-order chi connectivity index (χ0) is 13.2. The van der Waals surface area contributed by atoms with Crippen LogP contribution in [0.3, 0.4) is 0 Å². The fraction of sp³-hybridized carbons (Fsp3) is 0.571. The number of β-amino-alcohol motifs (C(OH)–C–C–N with tert-alkyl or cyclic N) is 1. The minimum absolute atomic E-state index is 0.558. The maximum absolute atomic E-state index is 10.1. The number of aliphatic hydroxyl groups is 1. The number of anilines is 1. The monoisotopic (exact) mass is 312 g/mol. The lowest BCUT2D eigenvalue weighted by Gasteiger charge is -2.24. The van der Waals surface area contributed by atoms with Crippen LogP contribution >= 0.6 is 15.9 Å². The lowest BCUT2D eigenvalue weighted by Crippen LogP contribution is -2.30. The van der Waals surface area contributed by atoms with E-state index in [4.69, 9.17) is 0 Å². The van der Waals surface area contributed by atoms with Crippen LogP contribution in [0.5, 0.6) is 0 Å². The van der Waals surface area contributed by atoms with Gasteiger partial charge in [-0.15, -0.1) is 0 Å². The molecule has 0 aliphatic carbocycles. The summed E-state index contributed by atoms with van der Waals surface area (Å²) in [6, 6.07) is 6.37. The summed E-state index contributed by atoms with van der Waals surface area (Å²) in [6.07, 6.45) is 0.833. The molecule has 0 radical (unpaired) electrons. The molecular formula is C14H21BrN2O. The fourth-order valence-corrected chi connectivity index (χ4v) is 2.74. The molecule has 1 saturated heterocycles. The second kappa shape index (κ2) is 5.59. The first-order valence-electron chi connectivity index (χ1n) is 6.48. The van der Waals surface area contributed by atoms with Crippen LogP contribution in [0.1, 0.15) is 25.8 Å². The normalized spacial score (nSPS) is 23.7. The summed E-state index contributed by atoms with van der Waals surface area (Å²) < 4.78 is 1.09. The molecule has 1 unspecified atom stereocenters. The molecule has 1 atom stereocenters. The number of rotatable bonds is 4. The Morgan fingerprint density at radius 2 is 2.28 bits per heavy atom. The van der Waals surface area contributed by atoms with Crippen molar-refractivity contribution in [1.29, 1.82) is 0 Å². The Bertz CT molecular complexity index is 420. The predicted octanol–water partition coefficient (Wildman–Crippen LogP) is 2.52. The molecule has 18 heavy (non-hydrogen) atoms. The van der Waals surface area contributed by atoms with E-state index >= 15 is 0 Å². The molecule has 2 rings (SSSR count). The quantitative estimate of drug-likeness (QED) is 0.897. The molecule has 1 aliphatic heterocycles. The van der Waals surface area contributed by atoms with E-state index in [1.54, 1.807) is 0 Å². The molecule has 1 fully saturated rings. The van der Waals surface area contributed by atoms with E-state index in [1.165, 1.54) is 11.3 Å². The van der Waals surface area contributed by atoms with Gasteiger partial charge < -0.3 is 15.3 Å². The second-order valence-corrected chi connectivity index (χ2v) is 6.14. The Labute approximate surface area is 117 Å². The van der Waals surface area contributed by atoms with Crippen molar-refractivity contribution in [2.75, 3.05) is 24.5 Å². The highest BCUT2D eigenvalue weighted by Gasteiger charge is 2.32. The van der Waals surface area contributed by atoms with Crippen LogP contribution in [0.15, 0.2) is 22.7 Å². The average Bonchev–Trinajstić information content (AvgIpc) is 2.68. The molecule has 1 aliphatic rings. The Morgan fingerprint density at radius 1 is 1.50 bits per heavy atom. The Morgan fingerprint density at radius 3 is 2.89 bits per heavy atom. The first kappa shape index (κ1) is 13.8. The summed E-state index contributed by atoms with van der Waals surface area (Å²) in [4.78, 5) is 2.28. The number of nitrogens with zero attached hydrogens (tertiary/aromatic N) is 1. The van der Waals surface area contributed by atoms with E-state index in [9.17, 15) is 5.11 Å². The van der Waals surface area contributed by atoms with E-state index in [0.29, 0.717) is 6.54 Å². The molecule has 1 aromatic carbocycles. The molecule has 3 nitrogen and oxygen atoms in total. The largest absolute Gasteiger partial charge is 0.388 e. The topological polar surface area (TPSA) is 35.5 Å². The highest BCUT2D eigenvalue weighted by molar-refractivity contribution is 9.10. The lowest BCUT2D eigenvalue weighted by molar-refractivity contribution is 0.0839. The molecule has 0 aromatic heterocycles. The summed E-state index contributed by atoms with van der Waals surface area (Å²) in [5, 5.41) is 13.5. The van der Waals surface area contributed by atoms with Crippen molar-refractivity contribution in [1.82, 2.24) is 5.32 Å². The molecule has 2 N–H and O–H groups in total. The van der Waals surface area contributed by atoms with E-state index in [0.717, 1.165) is 30.5 Å². The lowest BCUT2D eigenvalue weighted by atomic mass is 10.1. The standard InChI is InChI=1S/C14H21BrN2O/c1-3-16-9-11-4-5-12(15)8-13(11)17-7-6-14(2,18)10-17/h4-5,8,16,18H,3,6-7,9-10H2,1-2H3. The molecule has 0 amide bonds. The van der Waals surface area contributed by atoms with Crippen LogP contribution in [0.2, 0.25) is 0 Å². The third-order valence-corrected chi connectivity index (χ3v) is 3.90. The first-order chi connectivity index (χ1) is 8.52. The van der Waals surface area contributed by atoms with Gasteiger partial charge in [0.25, 0.3) is 0 Å². The fourth-order valence-electron chi connectivity index (χ4n) is 2.39. The Hall–Kier alpha value is -0.580. The zero-order valence-electron chi connectivity index (χ0n) is 11.0. The summed E-state index contributed by atoms with van der Waals surface area (Å²) in [6.45, 7) is 7.49. The molecule has 100 valence electrons. The molecule has 1 aromatic rings. The molecule has 0 spiro atoms. The van der Waals surface area contributed by atoms with Gasteiger partial charge in [-0.05, 0) is 37.6 Å². The Balaban J connectivity index is 2.22. The zero-order valence-corrected chi connectivity index (χ0v) is 12.6. The van der Waals surface area contributed by atoms with E-state index in [1.807, 2.05) is 6.92 Å². The molecule has 0 saturated carbocycles. The third kappa shape index (κ3) is 3.25. The first-order valence-corrected chi connectivity index (χ1v) is 7.27. The van der Waals surface area contributed by atoms with E-state index < -0.39 is 5.60 Å². The molecule has 1 heterocycles. The van der Waals surface area contributed by atoms with Crippen LogP contribution in [-0.4, -0.2) is 30.3 Å². The van der Waals surface area contributed by atoms with Gasteiger partial charge in [0, 0.05) is 29.8 Å². The summed E-state index contributed by atoms with van der Waals surface area (Å²) in [5.41, 5.74) is 1.96. The van der Waals surface area contributed by atoms with Crippen LogP contribution in [-0.2, 0) is 6.54 Å². The highest BCUT2D eigenvalue weighted by atomic mass is 79.9. The average molecular weight is 313 g/mol. The predicted molar refractivity (Wildman–Crippen MR) is 79.0 cm³/mol. The van der Waals surface area contributed by atoms with Gasteiger partial charge in [-0.25, -0.2) is 0 Å². The van der Waals surface area contributed by atoms with Crippen molar-refractivity contribution in [2.45, 2.75) is 32.4 Å². The van der Waals surface area contributed by atoms with Crippen molar-refractivity contribution in [3.05, 3.63) is 28.2 Å². The van der Waals surface area contributed by atoms with Gasteiger partial charge in [-0.3, -0.25) is 0 Å². The van der Waals surface area contributed by atoms with E-state index in [-0.39, 0.29) is 0 Å². The minimum atomic E-state index is -0.558. The summed E-state index contributed by atoms with van der Waals surface area (Å²) in [7, 11) is 0. The SMILES string of the molecule is CCNCc1ccc(Br)cc1N1CCC(C)(O)C1. The Kier molecular flexibility index (Phi) is 4.30. The second-order valence-electron chi connectivity index (χ2n) is 5.22. The van der Waals surface area contributed by atoms with Crippen molar-refractivity contribution in [2.24, 2.45) is 0 Å². The minimum Gasteiger partial charge on any atom is -0.388 e. The van der Waals surface area contributed by atoms with Gasteiger partial charge in [0.1, 0.15) is 0 Å². The van der Waals surface area contributed by atoms with Crippen molar-refractivity contribution >= 4 is 21.6 Å². The van der Waals surface area contributed by atoms with Crippen molar-refractivity contribution in [3.63, 3.8) is 0 Å². The smallest absolute Gasteiger partial charge is 0.0810 e. The number of hydrogen-bond donors (Lipinski definition) is 2. The highest BCUT2D eigenvalue weighted by Crippen LogP contribution is 2.31. The van der Waals surface area contributed by atoms with Crippen molar-refractivity contribution < 1.29 is 5.11 Å². The van der Waals surface area contributed by atoms with Gasteiger partial charge in [0.2, 0.25) is 0 Å². The van der Waals surface area contributed by atoms with Gasteiger partial charge >= 0.3 is 0 Å². The van der Waals surface area contributed by atoms with Gasteiger partial charge in [-0.2, -0.15) is 0 Å². The molecule has 4 heteroatoms. The number of hydrogen-bond acceptors (Lipinski definition) is 3. The molecule has 0 bridgehead atoms. The van der Waals surface area contributed by atoms with Gasteiger partial charge in [-0.1, -0.05) is 28.9 Å². The van der Waals surface area contributed by atoms with Crippen LogP contribution in [0.25, 0.3) is 0 Å². The van der Waals surface area contributed by atoms with Crippen LogP contribution < -0.4 is 10.2 Å². The number of benzene rings is 1. The van der Waals surface area contributed by atoms with Gasteiger partial charge in [0.15, 0.2) is 0 Å². The summed E-state index contributed by atoms with van der Waals surface area (Å²) >= 11 is 3.53. The maximum Gasteiger partial charge on any atom is 0.0810 e. The number of halogens is 1. The van der Waals surface area contributed by atoms with E-state index in [2.05, 4.69) is 51.3 Å². The maximum atomic E-state index is 10.1. The molecular weight excluding hydrogens is 292 g/mol. The van der Waals surface area contributed by atoms with Gasteiger partial charge in [0.05, 0.1) is 5.60 Å². The third-order valence-electron chi connectivity index (χ3n) is 3.41. The number of nitrogens with one attached hydrogen (secondary N) is 1.